The van der Waals surface area contributed by atoms with Gasteiger partial charge in [-0.3, -0.25) is 0 Å². The summed E-state index contributed by atoms with van der Waals surface area (Å²) in [5.41, 5.74) is 5.73. The first kappa shape index (κ1) is 13.5. The summed E-state index contributed by atoms with van der Waals surface area (Å²) < 4.78 is 0. The monoisotopic (exact) mass is 238 g/mol. The molecule has 0 aliphatic carbocycles. The van der Waals surface area contributed by atoms with Gasteiger partial charge in [0.1, 0.15) is 0 Å². The van der Waals surface area contributed by atoms with Gasteiger partial charge in [0.2, 0.25) is 17.8 Å². The minimum atomic E-state index is 0.278. The molecule has 1 heterocycles. The Hall–Kier alpha value is -1.59. The Morgan fingerprint density at radius 3 is 2.12 bits per heavy atom. The Morgan fingerprint density at radius 1 is 1.00 bits per heavy atom. The molecule has 0 saturated carbocycles. The quantitative estimate of drug-likeness (QED) is 0.801. The molecule has 0 fully saturated rings. The number of rotatable bonds is 6. The standard InChI is InChI=1S/C11H22N6/c1-5-8-16(4)10-13-9(12)14-11(15-10)17(6-2)7-3/h5-8H2,1-4H3,(H2,12,13,14,15). The van der Waals surface area contributed by atoms with Gasteiger partial charge in [0.15, 0.2) is 0 Å². The number of hydrogen-bond acceptors (Lipinski definition) is 6. The van der Waals surface area contributed by atoms with E-state index in [2.05, 4.69) is 40.6 Å². The van der Waals surface area contributed by atoms with E-state index in [1.165, 1.54) is 0 Å². The summed E-state index contributed by atoms with van der Waals surface area (Å²) in [6.45, 7) is 8.87. The Kier molecular flexibility index (Phi) is 4.93. The second-order valence-corrected chi connectivity index (χ2v) is 3.89. The number of nitrogen functional groups attached to an aromatic ring is 1. The Balaban J connectivity index is 3.00. The van der Waals surface area contributed by atoms with E-state index in [-0.39, 0.29) is 5.95 Å². The second kappa shape index (κ2) is 6.22. The van der Waals surface area contributed by atoms with Crippen molar-refractivity contribution in [3.05, 3.63) is 0 Å². The van der Waals surface area contributed by atoms with Crippen LogP contribution in [0.15, 0.2) is 0 Å². The van der Waals surface area contributed by atoms with Crippen molar-refractivity contribution in [2.24, 2.45) is 0 Å². The van der Waals surface area contributed by atoms with Crippen LogP contribution in [0.3, 0.4) is 0 Å². The second-order valence-electron chi connectivity index (χ2n) is 3.89. The summed E-state index contributed by atoms with van der Waals surface area (Å²) in [4.78, 5) is 16.8. The van der Waals surface area contributed by atoms with E-state index in [0.29, 0.717) is 11.9 Å². The molecule has 0 spiro atoms. The van der Waals surface area contributed by atoms with Crippen LogP contribution in [0.4, 0.5) is 17.8 Å². The zero-order chi connectivity index (χ0) is 12.8. The fourth-order valence-electron chi connectivity index (χ4n) is 1.62. The third-order valence-electron chi connectivity index (χ3n) is 2.58. The highest BCUT2D eigenvalue weighted by molar-refractivity contribution is 5.42. The van der Waals surface area contributed by atoms with Gasteiger partial charge in [0, 0.05) is 26.7 Å². The maximum atomic E-state index is 5.73. The zero-order valence-corrected chi connectivity index (χ0v) is 11.1. The molecule has 0 aliphatic rings. The van der Waals surface area contributed by atoms with E-state index in [9.17, 15) is 0 Å². The average molecular weight is 238 g/mol. The molecule has 0 amide bonds. The number of hydrogen-bond donors (Lipinski definition) is 1. The molecular formula is C11H22N6. The average Bonchev–Trinajstić information content (AvgIpc) is 2.30. The molecule has 2 N–H and O–H groups in total. The van der Waals surface area contributed by atoms with Gasteiger partial charge in [-0.1, -0.05) is 6.92 Å². The molecule has 0 saturated heterocycles. The molecule has 17 heavy (non-hydrogen) atoms. The van der Waals surface area contributed by atoms with Gasteiger partial charge < -0.3 is 15.5 Å². The number of nitrogens with zero attached hydrogens (tertiary/aromatic N) is 5. The third-order valence-corrected chi connectivity index (χ3v) is 2.58. The van der Waals surface area contributed by atoms with Gasteiger partial charge in [0.05, 0.1) is 0 Å². The summed E-state index contributed by atoms with van der Waals surface area (Å²) in [5, 5.41) is 0. The van der Waals surface area contributed by atoms with Crippen LogP contribution in [-0.2, 0) is 0 Å². The van der Waals surface area contributed by atoms with Gasteiger partial charge >= 0.3 is 0 Å². The topological polar surface area (TPSA) is 71.2 Å². The molecule has 0 atom stereocenters. The van der Waals surface area contributed by atoms with Crippen LogP contribution in [0.25, 0.3) is 0 Å². The van der Waals surface area contributed by atoms with E-state index in [1.807, 2.05) is 11.9 Å². The molecule has 0 aromatic carbocycles. The van der Waals surface area contributed by atoms with Crippen LogP contribution < -0.4 is 15.5 Å². The molecule has 96 valence electrons. The lowest BCUT2D eigenvalue weighted by Gasteiger charge is -2.21. The van der Waals surface area contributed by atoms with Crippen molar-refractivity contribution >= 4 is 17.8 Å². The first-order valence-electron chi connectivity index (χ1n) is 6.09. The zero-order valence-electron chi connectivity index (χ0n) is 11.1. The van der Waals surface area contributed by atoms with Crippen LogP contribution in [0.5, 0.6) is 0 Å². The van der Waals surface area contributed by atoms with Crippen molar-refractivity contribution in [2.75, 3.05) is 42.2 Å². The van der Waals surface area contributed by atoms with Crippen molar-refractivity contribution in [1.82, 2.24) is 15.0 Å². The molecule has 0 unspecified atom stereocenters. The molecule has 0 bridgehead atoms. The third kappa shape index (κ3) is 3.44. The summed E-state index contributed by atoms with van der Waals surface area (Å²) in [6.07, 6.45) is 1.04. The van der Waals surface area contributed by atoms with Crippen LogP contribution >= 0.6 is 0 Å². The van der Waals surface area contributed by atoms with Gasteiger partial charge in [-0.25, -0.2) is 0 Å². The molecular weight excluding hydrogens is 216 g/mol. The maximum absolute atomic E-state index is 5.73. The lowest BCUT2D eigenvalue weighted by atomic mass is 10.4. The Bertz CT molecular complexity index is 350. The van der Waals surface area contributed by atoms with Gasteiger partial charge in [-0.15, -0.1) is 0 Å². The molecule has 1 aromatic rings. The normalized spacial score (nSPS) is 10.4. The molecule has 6 nitrogen and oxygen atoms in total. The molecule has 1 rings (SSSR count). The van der Waals surface area contributed by atoms with Crippen molar-refractivity contribution in [1.29, 1.82) is 0 Å². The molecule has 0 aliphatic heterocycles. The minimum absolute atomic E-state index is 0.278. The van der Waals surface area contributed by atoms with Crippen molar-refractivity contribution in [2.45, 2.75) is 27.2 Å². The highest BCUT2D eigenvalue weighted by Crippen LogP contribution is 2.14. The number of anilines is 3. The molecule has 0 radical (unpaired) electrons. The molecule has 6 heteroatoms. The van der Waals surface area contributed by atoms with Crippen LogP contribution in [0.1, 0.15) is 27.2 Å². The summed E-state index contributed by atoms with van der Waals surface area (Å²) in [6, 6.07) is 0. The first-order valence-corrected chi connectivity index (χ1v) is 6.09. The fraction of sp³-hybridized carbons (Fsp3) is 0.727. The first-order chi connectivity index (χ1) is 8.12. The minimum Gasteiger partial charge on any atom is -0.368 e. The Morgan fingerprint density at radius 2 is 1.59 bits per heavy atom. The lowest BCUT2D eigenvalue weighted by Crippen LogP contribution is -2.27. The maximum Gasteiger partial charge on any atom is 0.231 e. The van der Waals surface area contributed by atoms with Crippen LogP contribution in [0.2, 0.25) is 0 Å². The smallest absolute Gasteiger partial charge is 0.231 e. The van der Waals surface area contributed by atoms with E-state index >= 15 is 0 Å². The van der Waals surface area contributed by atoms with Gasteiger partial charge in [-0.05, 0) is 20.3 Å². The van der Waals surface area contributed by atoms with Crippen molar-refractivity contribution in [3.8, 4) is 0 Å². The van der Waals surface area contributed by atoms with Gasteiger partial charge in [0.25, 0.3) is 0 Å². The lowest BCUT2D eigenvalue weighted by molar-refractivity contribution is 0.782. The summed E-state index contributed by atoms with van der Waals surface area (Å²) in [5.74, 6) is 1.57. The van der Waals surface area contributed by atoms with Crippen LogP contribution in [0, 0.1) is 0 Å². The van der Waals surface area contributed by atoms with E-state index < -0.39 is 0 Å². The van der Waals surface area contributed by atoms with Crippen molar-refractivity contribution < 1.29 is 0 Å². The Labute approximate surface area is 103 Å². The number of nitrogens with two attached hydrogens (primary N) is 1. The van der Waals surface area contributed by atoms with E-state index in [1.54, 1.807) is 0 Å². The number of aromatic nitrogens is 3. The van der Waals surface area contributed by atoms with Gasteiger partial charge in [-0.2, -0.15) is 15.0 Å². The van der Waals surface area contributed by atoms with Crippen molar-refractivity contribution in [3.63, 3.8) is 0 Å². The largest absolute Gasteiger partial charge is 0.368 e. The summed E-state index contributed by atoms with van der Waals surface area (Å²) in [7, 11) is 1.96. The highest BCUT2D eigenvalue weighted by Gasteiger charge is 2.11. The fourth-order valence-corrected chi connectivity index (χ4v) is 1.62. The highest BCUT2D eigenvalue weighted by atomic mass is 15.3. The van der Waals surface area contributed by atoms with E-state index in [4.69, 9.17) is 5.73 Å². The van der Waals surface area contributed by atoms with Crippen LogP contribution in [-0.4, -0.2) is 41.6 Å². The molecule has 1 aromatic heterocycles. The predicted molar refractivity (Wildman–Crippen MR) is 71.4 cm³/mol. The van der Waals surface area contributed by atoms with E-state index in [0.717, 1.165) is 26.1 Å². The predicted octanol–water partition coefficient (Wildman–Crippen LogP) is 1.15. The SMILES string of the molecule is CCCN(C)c1nc(N)nc(N(CC)CC)n1. The summed E-state index contributed by atoms with van der Waals surface area (Å²) >= 11 is 0.